The molecule has 2 atom stereocenters. The number of anilines is 1. The minimum Gasteiger partial charge on any atom is -0.357 e. The Kier molecular flexibility index (Phi) is 1.97. The second-order valence-electron chi connectivity index (χ2n) is 4.54. The molecule has 3 rings (SSSR count). The maximum Gasteiger partial charge on any atom is 0.202 e. The lowest BCUT2D eigenvalue weighted by Crippen LogP contribution is -2.36. The van der Waals surface area contributed by atoms with Gasteiger partial charge in [0.05, 0.1) is 0 Å². The molecule has 0 saturated heterocycles. The van der Waals surface area contributed by atoms with Crippen molar-refractivity contribution in [1.82, 2.24) is 9.36 Å². The van der Waals surface area contributed by atoms with Crippen molar-refractivity contribution in [2.75, 3.05) is 5.32 Å². The van der Waals surface area contributed by atoms with Crippen LogP contribution in [0.1, 0.15) is 44.3 Å². The molecule has 0 spiro atoms. The molecule has 2 aliphatic carbocycles. The molecule has 2 unspecified atom stereocenters. The molecule has 3 nitrogen and oxygen atoms in total. The molecule has 1 aromatic rings. The van der Waals surface area contributed by atoms with Gasteiger partial charge in [-0.1, -0.05) is 6.92 Å². The summed E-state index contributed by atoms with van der Waals surface area (Å²) in [5, 5.41) is 4.51. The molecule has 1 heterocycles. The van der Waals surface area contributed by atoms with Crippen LogP contribution in [-0.4, -0.2) is 15.4 Å². The summed E-state index contributed by atoms with van der Waals surface area (Å²) in [4.78, 5) is 4.52. The Balaban J connectivity index is 1.64. The Morgan fingerprint density at radius 1 is 1.29 bits per heavy atom. The first-order valence-corrected chi connectivity index (χ1v) is 6.20. The summed E-state index contributed by atoms with van der Waals surface area (Å²) in [6.45, 7) is 2.30. The summed E-state index contributed by atoms with van der Waals surface area (Å²) in [6, 6.07) is 0.648. The third kappa shape index (κ3) is 1.52. The predicted octanol–water partition coefficient (Wildman–Crippen LogP) is 2.63. The van der Waals surface area contributed by atoms with Gasteiger partial charge in [-0.2, -0.15) is 4.37 Å². The van der Waals surface area contributed by atoms with Gasteiger partial charge >= 0.3 is 0 Å². The smallest absolute Gasteiger partial charge is 0.202 e. The van der Waals surface area contributed by atoms with Gasteiger partial charge in [0.1, 0.15) is 5.82 Å². The monoisotopic (exact) mass is 209 g/mol. The van der Waals surface area contributed by atoms with Crippen molar-refractivity contribution in [2.45, 2.75) is 44.6 Å². The average molecular weight is 209 g/mol. The Labute approximate surface area is 88.1 Å². The lowest BCUT2D eigenvalue weighted by molar-refractivity contribution is 0.303. The normalized spacial score (nSPS) is 31.2. The van der Waals surface area contributed by atoms with Crippen LogP contribution in [0.3, 0.4) is 0 Å². The lowest BCUT2D eigenvalue weighted by atomic mass is 9.81. The van der Waals surface area contributed by atoms with E-state index in [1.165, 1.54) is 37.2 Å². The van der Waals surface area contributed by atoms with Gasteiger partial charge in [0, 0.05) is 23.5 Å². The molecule has 2 aliphatic rings. The van der Waals surface area contributed by atoms with Crippen molar-refractivity contribution in [3.63, 3.8) is 0 Å². The minimum atomic E-state index is 0.648. The van der Waals surface area contributed by atoms with Crippen molar-refractivity contribution < 1.29 is 0 Å². The van der Waals surface area contributed by atoms with Crippen molar-refractivity contribution in [3.05, 3.63) is 5.82 Å². The zero-order valence-corrected chi connectivity index (χ0v) is 9.18. The number of hydrogen-bond donors (Lipinski definition) is 1. The molecule has 0 aliphatic heterocycles. The zero-order valence-electron chi connectivity index (χ0n) is 8.36. The van der Waals surface area contributed by atoms with E-state index < -0.39 is 0 Å². The van der Waals surface area contributed by atoms with Gasteiger partial charge in [0.25, 0.3) is 0 Å². The van der Waals surface area contributed by atoms with Gasteiger partial charge in [-0.05, 0) is 31.6 Å². The van der Waals surface area contributed by atoms with Crippen LogP contribution in [0, 0.1) is 5.92 Å². The molecule has 4 heteroatoms. The van der Waals surface area contributed by atoms with Crippen LogP contribution in [-0.2, 0) is 0 Å². The quantitative estimate of drug-likeness (QED) is 0.831. The molecule has 0 aromatic carbocycles. The highest BCUT2D eigenvalue weighted by Crippen LogP contribution is 2.39. The second-order valence-corrected chi connectivity index (χ2v) is 5.29. The van der Waals surface area contributed by atoms with E-state index in [-0.39, 0.29) is 0 Å². The largest absolute Gasteiger partial charge is 0.357 e. The summed E-state index contributed by atoms with van der Waals surface area (Å²) in [5.41, 5.74) is 0. The Morgan fingerprint density at radius 3 is 2.71 bits per heavy atom. The molecule has 14 heavy (non-hydrogen) atoms. The van der Waals surface area contributed by atoms with Gasteiger partial charge in [-0.3, -0.25) is 0 Å². The molecular formula is C10H15N3S. The standard InChI is InChI=1S/C10H15N3S/c1-6-2-5-8(6)11-10-12-9(13-14-10)7-3-4-7/h6-8H,2-5H2,1H3,(H,11,12,13). The molecule has 2 fully saturated rings. The molecule has 0 bridgehead atoms. The van der Waals surface area contributed by atoms with E-state index in [2.05, 4.69) is 21.6 Å². The highest BCUT2D eigenvalue weighted by molar-refractivity contribution is 7.09. The number of nitrogens with zero attached hydrogens (tertiary/aromatic N) is 2. The molecule has 2 saturated carbocycles. The fourth-order valence-electron chi connectivity index (χ4n) is 1.84. The predicted molar refractivity (Wildman–Crippen MR) is 57.7 cm³/mol. The Morgan fingerprint density at radius 2 is 2.14 bits per heavy atom. The van der Waals surface area contributed by atoms with Crippen LogP contribution in [0.5, 0.6) is 0 Å². The van der Waals surface area contributed by atoms with Gasteiger partial charge in [-0.15, -0.1) is 0 Å². The van der Waals surface area contributed by atoms with E-state index in [1.807, 2.05) is 0 Å². The topological polar surface area (TPSA) is 37.8 Å². The van der Waals surface area contributed by atoms with Crippen LogP contribution in [0.4, 0.5) is 5.13 Å². The highest BCUT2D eigenvalue weighted by Gasteiger charge is 2.30. The van der Waals surface area contributed by atoms with Crippen LogP contribution >= 0.6 is 11.5 Å². The molecule has 0 amide bonds. The maximum absolute atomic E-state index is 4.52. The first-order chi connectivity index (χ1) is 6.83. The number of rotatable bonds is 3. The van der Waals surface area contributed by atoms with E-state index in [0.717, 1.165) is 16.9 Å². The van der Waals surface area contributed by atoms with Crippen LogP contribution in [0.2, 0.25) is 0 Å². The second kappa shape index (κ2) is 3.19. The molecule has 76 valence electrons. The summed E-state index contributed by atoms with van der Waals surface area (Å²) in [6.07, 6.45) is 5.22. The maximum atomic E-state index is 4.52. The van der Waals surface area contributed by atoms with Crippen molar-refractivity contribution >= 4 is 16.7 Å². The van der Waals surface area contributed by atoms with E-state index in [9.17, 15) is 0 Å². The fraction of sp³-hybridized carbons (Fsp3) is 0.800. The first kappa shape index (κ1) is 8.65. The summed E-state index contributed by atoms with van der Waals surface area (Å²) in [5.74, 6) is 2.56. The van der Waals surface area contributed by atoms with Crippen LogP contribution in [0.15, 0.2) is 0 Å². The van der Waals surface area contributed by atoms with Gasteiger partial charge in [-0.25, -0.2) is 4.98 Å². The molecule has 0 radical (unpaired) electrons. The molecular weight excluding hydrogens is 194 g/mol. The SMILES string of the molecule is CC1CCC1Nc1nc(C2CC2)ns1. The highest BCUT2D eigenvalue weighted by atomic mass is 32.1. The Hall–Kier alpha value is -0.640. The van der Waals surface area contributed by atoms with E-state index >= 15 is 0 Å². The molecule has 1 aromatic heterocycles. The summed E-state index contributed by atoms with van der Waals surface area (Å²) < 4.78 is 4.38. The lowest BCUT2D eigenvalue weighted by Gasteiger charge is -2.34. The number of aromatic nitrogens is 2. The van der Waals surface area contributed by atoms with Crippen molar-refractivity contribution in [2.24, 2.45) is 5.92 Å². The van der Waals surface area contributed by atoms with Gasteiger partial charge < -0.3 is 5.32 Å². The van der Waals surface area contributed by atoms with E-state index in [4.69, 9.17) is 0 Å². The van der Waals surface area contributed by atoms with Crippen LogP contribution in [0.25, 0.3) is 0 Å². The minimum absolute atomic E-state index is 0.648. The van der Waals surface area contributed by atoms with Gasteiger partial charge in [0.2, 0.25) is 5.13 Å². The number of hydrogen-bond acceptors (Lipinski definition) is 4. The fourth-order valence-corrected chi connectivity index (χ4v) is 2.55. The molecule has 1 N–H and O–H groups in total. The third-order valence-corrected chi connectivity index (χ3v) is 3.97. The van der Waals surface area contributed by atoms with Gasteiger partial charge in [0.15, 0.2) is 0 Å². The van der Waals surface area contributed by atoms with E-state index in [0.29, 0.717) is 12.0 Å². The Bertz CT molecular complexity index is 332. The van der Waals surface area contributed by atoms with Crippen molar-refractivity contribution in [3.8, 4) is 0 Å². The summed E-state index contributed by atoms with van der Waals surface area (Å²) in [7, 11) is 0. The first-order valence-electron chi connectivity index (χ1n) is 5.43. The average Bonchev–Trinajstić information content (AvgIpc) is 2.93. The summed E-state index contributed by atoms with van der Waals surface area (Å²) >= 11 is 1.53. The van der Waals surface area contributed by atoms with Crippen molar-refractivity contribution in [1.29, 1.82) is 0 Å². The van der Waals surface area contributed by atoms with Crippen LogP contribution < -0.4 is 5.32 Å². The third-order valence-electron chi connectivity index (χ3n) is 3.31. The van der Waals surface area contributed by atoms with E-state index in [1.54, 1.807) is 0 Å². The number of nitrogens with one attached hydrogen (secondary N) is 1. The zero-order chi connectivity index (χ0) is 9.54.